The number of methoxy groups -OCH3 is 2. The number of hydrogen-bond donors (Lipinski definition) is 3. The smallest absolute Gasteiger partial charge is 0.311 e. The Bertz CT molecular complexity index is 1210. The minimum absolute atomic E-state index is 0.154. The van der Waals surface area contributed by atoms with Gasteiger partial charge in [-0.15, -0.1) is 0 Å². The van der Waals surface area contributed by atoms with E-state index >= 15 is 0 Å². The normalized spacial score (nSPS) is 47.7. The SMILES string of the molecule is CC[C@H]1OC(=O)[C@H](C)[C@@H](OC2C[C@@](C)(OC)[C@@H](O)[C@H](C)O2)[C@H](C)[C@@H](OC2O[C@H](C)C[C@H](N(C)C)[C@H]2O)[C@](C)(OC)C[C@@H](C)C(=O)/C(C)=C/[C@]1(C)O. The second-order valence-corrected chi connectivity index (χ2v) is 16.2. The molecule has 3 aliphatic rings. The molecule has 0 saturated carbocycles. The van der Waals surface area contributed by atoms with Gasteiger partial charge >= 0.3 is 5.97 Å². The maximum atomic E-state index is 14.1. The zero-order valence-electron chi connectivity index (χ0n) is 33.4. The first-order valence-electron chi connectivity index (χ1n) is 18.5. The van der Waals surface area contributed by atoms with E-state index in [2.05, 4.69) is 0 Å². The van der Waals surface area contributed by atoms with Crippen LogP contribution in [0.1, 0.15) is 94.9 Å². The van der Waals surface area contributed by atoms with Gasteiger partial charge in [0.05, 0.1) is 41.5 Å². The fourth-order valence-electron chi connectivity index (χ4n) is 8.27. The summed E-state index contributed by atoms with van der Waals surface area (Å²) in [6, 6.07) is -0.260. The number of ketones is 1. The molecule has 3 N–H and O–H groups in total. The van der Waals surface area contributed by atoms with Crippen LogP contribution in [0.4, 0.5) is 0 Å². The van der Waals surface area contributed by atoms with Crippen molar-refractivity contribution in [2.24, 2.45) is 17.8 Å². The van der Waals surface area contributed by atoms with Crippen molar-refractivity contribution in [3.63, 3.8) is 0 Å². The van der Waals surface area contributed by atoms with Gasteiger partial charge in [-0.2, -0.15) is 0 Å². The topological polar surface area (TPSA) is 163 Å². The van der Waals surface area contributed by atoms with Crippen molar-refractivity contribution in [1.29, 1.82) is 0 Å². The van der Waals surface area contributed by atoms with Gasteiger partial charge in [0.2, 0.25) is 0 Å². The average Bonchev–Trinajstić information content (AvgIpc) is 3.06. The maximum absolute atomic E-state index is 14.1. The van der Waals surface area contributed by atoms with Crippen molar-refractivity contribution < 1.29 is 58.1 Å². The number of cyclic esters (lactones) is 1. The van der Waals surface area contributed by atoms with E-state index in [1.54, 1.807) is 41.5 Å². The predicted octanol–water partition coefficient (Wildman–Crippen LogP) is 3.39. The standard InChI is InChI=1S/C38H67NO12/c1-15-27-36(8,44)17-20(2)29(40)21(3)18-38(10,46-14)33(51-35-30(41)26(39(11)12)16-22(4)47-35)23(5)31(24(6)34(43)49-27)50-28-19-37(9,45-13)32(42)25(7)48-28/h17,21-28,30-33,35,41-42,44H,15-16,18-19H2,1-14H3/b20-17+/t21-,22-,23+,24-,25+,26+,27-,28?,30-,31+,32+,33-,35?,36+,37-,38-/m1/s1. The molecule has 2 unspecified atom stereocenters. The van der Waals surface area contributed by atoms with Crippen LogP contribution in [-0.2, 0) is 42.7 Å². The lowest BCUT2D eigenvalue weighted by Crippen LogP contribution is -2.61. The van der Waals surface area contributed by atoms with Crippen molar-refractivity contribution >= 4 is 11.8 Å². The predicted molar refractivity (Wildman–Crippen MR) is 190 cm³/mol. The summed E-state index contributed by atoms with van der Waals surface area (Å²) >= 11 is 0. The number of allylic oxidation sites excluding steroid dienone is 1. The van der Waals surface area contributed by atoms with Crippen LogP contribution in [0.5, 0.6) is 0 Å². The van der Waals surface area contributed by atoms with E-state index in [-0.39, 0.29) is 37.2 Å². The van der Waals surface area contributed by atoms with Gasteiger partial charge in [0.25, 0.3) is 0 Å². The average molecular weight is 730 g/mol. The first kappa shape index (κ1) is 43.9. The molecule has 0 amide bonds. The van der Waals surface area contributed by atoms with Crippen LogP contribution >= 0.6 is 0 Å². The van der Waals surface area contributed by atoms with Gasteiger partial charge in [0.1, 0.15) is 23.9 Å². The van der Waals surface area contributed by atoms with Crippen molar-refractivity contribution in [3.8, 4) is 0 Å². The van der Waals surface area contributed by atoms with Crippen LogP contribution in [0.3, 0.4) is 0 Å². The Hall–Kier alpha value is -1.52. The Morgan fingerprint density at radius 3 is 2.10 bits per heavy atom. The summed E-state index contributed by atoms with van der Waals surface area (Å²) in [4.78, 5) is 29.9. The molecule has 13 nitrogen and oxygen atoms in total. The highest BCUT2D eigenvalue weighted by Crippen LogP contribution is 2.41. The molecule has 0 aromatic carbocycles. The van der Waals surface area contributed by atoms with E-state index in [4.69, 9.17) is 33.2 Å². The molecule has 0 aromatic rings. The Kier molecular flexibility index (Phi) is 14.9. The van der Waals surface area contributed by atoms with Crippen LogP contribution in [0, 0.1) is 17.8 Å². The fraction of sp³-hybridized carbons (Fsp3) is 0.895. The Labute approximate surface area is 305 Å². The van der Waals surface area contributed by atoms with Gasteiger partial charge in [-0.1, -0.05) is 20.8 Å². The molecule has 16 atom stereocenters. The number of rotatable bonds is 8. The summed E-state index contributed by atoms with van der Waals surface area (Å²) in [7, 11) is 6.84. The molecular weight excluding hydrogens is 662 g/mol. The van der Waals surface area contributed by atoms with Gasteiger partial charge in [-0.05, 0) is 93.5 Å². The molecule has 0 radical (unpaired) electrons. The number of hydrogen-bond acceptors (Lipinski definition) is 13. The molecule has 13 heteroatoms. The van der Waals surface area contributed by atoms with Crippen molar-refractivity contribution in [2.75, 3.05) is 28.3 Å². The number of ether oxygens (including phenoxy) is 7. The molecule has 0 aliphatic carbocycles. The number of carbonyl (C=O) groups is 2. The molecule has 3 aliphatic heterocycles. The van der Waals surface area contributed by atoms with E-state index in [1.807, 2.05) is 39.8 Å². The number of carbonyl (C=O) groups excluding carboxylic acids is 2. The van der Waals surface area contributed by atoms with Crippen LogP contribution in [0.25, 0.3) is 0 Å². The summed E-state index contributed by atoms with van der Waals surface area (Å²) in [5.41, 5.74) is -3.50. The third kappa shape index (κ3) is 9.78. The number of aliphatic hydroxyl groups is 3. The third-order valence-corrected chi connectivity index (χ3v) is 11.6. The van der Waals surface area contributed by atoms with Crippen molar-refractivity contribution in [3.05, 3.63) is 11.6 Å². The minimum Gasteiger partial charge on any atom is -0.459 e. The molecule has 0 spiro atoms. The second-order valence-electron chi connectivity index (χ2n) is 16.2. The van der Waals surface area contributed by atoms with E-state index in [0.29, 0.717) is 12.0 Å². The zero-order chi connectivity index (χ0) is 38.8. The fourth-order valence-corrected chi connectivity index (χ4v) is 8.27. The Morgan fingerprint density at radius 1 is 0.941 bits per heavy atom. The van der Waals surface area contributed by atoms with E-state index in [0.717, 1.165) is 0 Å². The van der Waals surface area contributed by atoms with Crippen LogP contribution in [0.2, 0.25) is 0 Å². The number of nitrogens with zero attached hydrogens (tertiary/aromatic N) is 1. The van der Waals surface area contributed by atoms with Gasteiger partial charge in [0, 0.05) is 38.5 Å². The summed E-state index contributed by atoms with van der Waals surface area (Å²) in [5, 5.41) is 34.0. The molecule has 2 fully saturated rings. The van der Waals surface area contributed by atoms with Gasteiger partial charge < -0.3 is 53.4 Å². The summed E-state index contributed by atoms with van der Waals surface area (Å²) < 4.78 is 44.0. The molecule has 2 saturated heterocycles. The van der Waals surface area contributed by atoms with E-state index in [1.165, 1.54) is 27.2 Å². The number of likely N-dealkylation sites (N-methyl/N-ethyl adjacent to an activating group) is 1. The molecule has 0 aromatic heterocycles. The highest BCUT2D eigenvalue weighted by molar-refractivity contribution is 5.96. The van der Waals surface area contributed by atoms with E-state index in [9.17, 15) is 24.9 Å². The number of esters is 1. The second kappa shape index (κ2) is 17.3. The lowest BCUT2D eigenvalue weighted by Gasteiger charge is -2.49. The first-order chi connectivity index (χ1) is 23.5. The summed E-state index contributed by atoms with van der Waals surface area (Å²) in [6.07, 6.45) is -4.99. The summed E-state index contributed by atoms with van der Waals surface area (Å²) in [6.45, 7) is 17.6. The summed E-state index contributed by atoms with van der Waals surface area (Å²) in [5.74, 6) is -3.03. The van der Waals surface area contributed by atoms with Crippen LogP contribution in [-0.4, -0.2) is 138 Å². The zero-order valence-corrected chi connectivity index (χ0v) is 33.4. The number of Topliss-reactive ketones (excluding diaryl/α,β-unsaturated/α-hetero) is 1. The molecule has 3 heterocycles. The Balaban J connectivity index is 2.22. The minimum atomic E-state index is -1.64. The van der Waals surface area contributed by atoms with Crippen LogP contribution in [0.15, 0.2) is 11.6 Å². The lowest BCUT2D eigenvalue weighted by atomic mass is 9.76. The van der Waals surface area contributed by atoms with E-state index < -0.39 is 89.7 Å². The maximum Gasteiger partial charge on any atom is 0.311 e. The lowest BCUT2D eigenvalue weighted by molar-refractivity contribution is -0.319. The quantitative estimate of drug-likeness (QED) is 0.312. The van der Waals surface area contributed by atoms with Gasteiger partial charge in [-0.25, -0.2) is 0 Å². The van der Waals surface area contributed by atoms with Crippen molar-refractivity contribution in [2.45, 2.75) is 173 Å². The van der Waals surface area contributed by atoms with Crippen LogP contribution < -0.4 is 0 Å². The molecule has 296 valence electrons. The van der Waals surface area contributed by atoms with Gasteiger partial charge in [-0.3, -0.25) is 9.59 Å². The Morgan fingerprint density at radius 2 is 1.55 bits per heavy atom. The molecule has 3 rings (SSSR count). The molecular formula is C38H67NO12. The molecule has 0 bridgehead atoms. The van der Waals surface area contributed by atoms with Gasteiger partial charge in [0.15, 0.2) is 18.4 Å². The monoisotopic (exact) mass is 729 g/mol. The van der Waals surface area contributed by atoms with Crippen molar-refractivity contribution in [1.82, 2.24) is 4.90 Å². The third-order valence-electron chi connectivity index (χ3n) is 11.6. The highest BCUT2D eigenvalue weighted by atomic mass is 16.7. The largest absolute Gasteiger partial charge is 0.459 e. The number of aliphatic hydroxyl groups excluding tert-OH is 2. The highest BCUT2D eigenvalue weighted by Gasteiger charge is 2.52. The molecule has 51 heavy (non-hydrogen) atoms. The first-order valence-corrected chi connectivity index (χ1v) is 18.5.